The average molecular weight is 212 g/mol. The van der Waals surface area contributed by atoms with Crippen molar-refractivity contribution >= 4 is 0 Å². The molecule has 2 heteroatoms. The van der Waals surface area contributed by atoms with Crippen molar-refractivity contribution in [3.63, 3.8) is 0 Å². The van der Waals surface area contributed by atoms with E-state index in [1.807, 2.05) is 0 Å². The average Bonchev–Trinajstić information content (AvgIpc) is 2.67. The molecule has 1 rings (SSSR count). The third kappa shape index (κ3) is 4.12. The maximum Gasteiger partial charge on any atom is 0.0223 e. The third-order valence-electron chi connectivity index (χ3n) is 3.65. The second kappa shape index (κ2) is 7.24. The maximum atomic E-state index is 3.32. The Bertz CT molecular complexity index is 159. The number of hydrogen-bond donors (Lipinski definition) is 1. The zero-order valence-corrected chi connectivity index (χ0v) is 10.8. The standard InChI is InChI=1S/C13H28N2/c1-4-5-6-8-12(2)15-10-7-9-13(15)11-14-3/h12-14H,4-11H2,1-3H3. The molecule has 0 radical (unpaired) electrons. The first kappa shape index (κ1) is 13.0. The van der Waals surface area contributed by atoms with Gasteiger partial charge in [-0.1, -0.05) is 26.2 Å². The highest BCUT2D eigenvalue weighted by atomic mass is 15.2. The van der Waals surface area contributed by atoms with Gasteiger partial charge in [0.15, 0.2) is 0 Å². The molecule has 0 saturated carbocycles. The predicted molar refractivity (Wildman–Crippen MR) is 67.3 cm³/mol. The van der Waals surface area contributed by atoms with E-state index in [1.165, 1.54) is 45.1 Å². The van der Waals surface area contributed by atoms with Crippen LogP contribution in [-0.4, -0.2) is 37.1 Å². The summed E-state index contributed by atoms with van der Waals surface area (Å²) in [6.07, 6.45) is 8.31. The minimum absolute atomic E-state index is 0.789. The van der Waals surface area contributed by atoms with E-state index in [9.17, 15) is 0 Å². The van der Waals surface area contributed by atoms with Gasteiger partial charge < -0.3 is 5.32 Å². The van der Waals surface area contributed by atoms with Crippen LogP contribution in [0.1, 0.15) is 52.4 Å². The van der Waals surface area contributed by atoms with E-state index in [0.717, 1.165) is 18.6 Å². The minimum atomic E-state index is 0.789. The summed E-state index contributed by atoms with van der Waals surface area (Å²) in [5, 5.41) is 3.32. The monoisotopic (exact) mass is 212 g/mol. The molecule has 1 heterocycles. The van der Waals surface area contributed by atoms with Gasteiger partial charge in [0.05, 0.1) is 0 Å². The molecule has 1 fully saturated rings. The molecule has 0 aromatic rings. The largest absolute Gasteiger partial charge is 0.318 e. The number of likely N-dealkylation sites (N-methyl/N-ethyl adjacent to an activating group) is 1. The molecule has 15 heavy (non-hydrogen) atoms. The fourth-order valence-corrected chi connectivity index (χ4v) is 2.75. The Morgan fingerprint density at radius 1 is 1.40 bits per heavy atom. The summed E-state index contributed by atoms with van der Waals surface area (Å²) in [5.41, 5.74) is 0. The smallest absolute Gasteiger partial charge is 0.0223 e. The molecule has 1 N–H and O–H groups in total. The zero-order valence-electron chi connectivity index (χ0n) is 10.8. The van der Waals surface area contributed by atoms with E-state index in [2.05, 4.69) is 31.1 Å². The van der Waals surface area contributed by atoms with Gasteiger partial charge in [-0.15, -0.1) is 0 Å². The highest BCUT2D eigenvalue weighted by Gasteiger charge is 2.27. The van der Waals surface area contributed by atoms with E-state index >= 15 is 0 Å². The number of nitrogens with one attached hydrogen (secondary N) is 1. The van der Waals surface area contributed by atoms with Crippen molar-refractivity contribution in [1.82, 2.24) is 10.2 Å². The second-order valence-electron chi connectivity index (χ2n) is 4.94. The lowest BCUT2D eigenvalue weighted by Crippen LogP contribution is -2.42. The normalized spacial score (nSPS) is 24.6. The first-order chi connectivity index (χ1) is 7.29. The molecule has 1 aliphatic heterocycles. The van der Waals surface area contributed by atoms with Gasteiger partial charge in [-0.05, 0) is 39.8 Å². The molecule has 90 valence electrons. The van der Waals surface area contributed by atoms with Crippen LogP contribution < -0.4 is 5.32 Å². The van der Waals surface area contributed by atoms with Crippen LogP contribution in [0.4, 0.5) is 0 Å². The van der Waals surface area contributed by atoms with Gasteiger partial charge in [0.25, 0.3) is 0 Å². The van der Waals surface area contributed by atoms with Gasteiger partial charge in [0, 0.05) is 18.6 Å². The summed E-state index contributed by atoms with van der Waals surface area (Å²) in [4.78, 5) is 2.71. The highest BCUT2D eigenvalue weighted by molar-refractivity contribution is 4.84. The third-order valence-corrected chi connectivity index (χ3v) is 3.65. The molecule has 2 nitrogen and oxygen atoms in total. The number of rotatable bonds is 7. The van der Waals surface area contributed by atoms with E-state index in [4.69, 9.17) is 0 Å². The number of likely N-dealkylation sites (tertiary alicyclic amines) is 1. The first-order valence-electron chi connectivity index (χ1n) is 6.70. The Labute approximate surface area is 95.4 Å². The van der Waals surface area contributed by atoms with Gasteiger partial charge in [-0.3, -0.25) is 4.90 Å². The number of nitrogens with zero attached hydrogens (tertiary/aromatic N) is 1. The molecule has 2 atom stereocenters. The predicted octanol–water partition coefficient (Wildman–Crippen LogP) is 2.64. The quantitative estimate of drug-likeness (QED) is 0.653. The first-order valence-corrected chi connectivity index (χ1v) is 6.70. The van der Waals surface area contributed by atoms with Crippen LogP contribution in [0.3, 0.4) is 0 Å². The lowest BCUT2D eigenvalue weighted by Gasteiger charge is -2.30. The Hall–Kier alpha value is -0.0800. The number of hydrogen-bond acceptors (Lipinski definition) is 2. The van der Waals surface area contributed by atoms with Gasteiger partial charge in [0.2, 0.25) is 0 Å². The van der Waals surface area contributed by atoms with Gasteiger partial charge in [0.1, 0.15) is 0 Å². The molecule has 0 aliphatic carbocycles. The summed E-state index contributed by atoms with van der Waals surface area (Å²) in [7, 11) is 2.07. The van der Waals surface area contributed by atoms with Crippen molar-refractivity contribution in [3.8, 4) is 0 Å². The zero-order chi connectivity index (χ0) is 11.1. The van der Waals surface area contributed by atoms with Crippen LogP contribution >= 0.6 is 0 Å². The lowest BCUT2D eigenvalue weighted by molar-refractivity contribution is 0.178. The molecular weight excluding hydrogens is 184 g/mol. The minimum Gasteiger partial charge on any atom is -0.318 e. The lowest BCUT2D eigenvalue weighted by atomic mass is 10.1. The number of unbranched alkanes of at least 4 members (excludes halogenated alkanes) is 2. The van der Waals surface area contributed by atoms with Crippen molar-refractivity contribution in [2.45, 2.75) is 64.5 Å². The van der Waals surface area contributed by atoms with Crippen LogP contribution in [0.2, 0.25) is 0 Å². The van der Waals surface area contributed by atoms with Crippen LogP contribution in [0.25, 0.3) is 0 Å². The fraction of sp³-hybridized carbons (Fsp3) is 1.00. The SMILES string of the molecule is CCCCCC(C)N1CCCC1CNC. The molecule has 2 unspecified atom stereocenters. The van der Waals surface area contributed by atoms with E-state index in [0.29, 0.717) is 0 Å². The molecule has 0 bridgehead atoms. The molecule has 1 aliphatic rings. The maximum absolute atomic E-state index is 3.32. The Morgan fingerprint density at radius 3 is 2.87 bits per heavy atom. The second-order valence-corrected chi connectivity index (χ2v) is 4.94. The van der Waals surface area contributed by atoms with Crippen LogP contribution in [0, 0.1) is 0 Å². The van der Waals surface area contributed by atoms with E-state index < -0.39 is 0 Å². The highest BCUT2D eigenvalue weighted by Crippen LogP contribution is 2.22. The van der Waals surface area contributed by atoms with Crippen molar-refractivity contribution < 1.29 is 0 Å². The van der Waals surface area contributed by atoms with E-state index in [-0.39, 0.29) is 0 Å². The summed E-state index contributed by atoms with van der Waals surface area (Å²) >= 11 is 0. The topological polar surface area (TPSA) is 15.3 Å². The van der Waals surface area contributed by atoms with Crippen molar-refractivity contribution in [1.29, 1.82) is 0 Å². The Kier molecular flexibility index (Phi) is 6.26. The molecule has 0 amide bonds. The van der Waals surface area contributed by atoms with Crippen LogP contribution in [0.5, 0.6) is 0 Å². The molecule has 0 aromatic carbocycles. The van der Waals surface area contributed by atoms with Crippen LogP contribution in [-0.2, 0) is 0 Å². The molecule has 0 aromatic heterocycles. The fourth-order valence-electron chi connectivity index (χ4n) is 2.75. The molecule has 1 saturated heterocycles. The summed E-state index contributed by atoms with van der Waals surface area (Å²) in [6.45, 7) is 7.17. The van der Waals surface area contributed by atoms with Crippen molar-refractivity contribution in [3.05, 3.63) is 0 Å². The molecular formula is C13H28N2. The van der Waals surface area contributed by atoms with Gasteiger partial charge in [-0.2, -0.15) is 0 Å². The Morgan fingerprint density at radius 2 is 2.20 bits per heavy atom. The summed E-state index contributed by atoms with van der Waals surface area (Å²) in [5.74, 6) is 0. The summed E-state index contributed by atoms with van der Waals surface area (Å²) in [6, 6.07) is 1.59. The van der Waals surface area contributed by atoms with Crippen molar-refractivity contribution in [2.24, 2.45) is 0 Å². The van der Waals surface area contributed by atoms with Crippen molar-refractivity contribution in [2.75, 3.05) is 20.1 Å². The van der Waals surface area contributed by atoms with Gasteiger partial charge in [-0.25, -0.2) is 0 Å². The Balaban J connectivity index is 2.26. The molecule has 0 spiro atoms. The summed E-state index contributed by atoms with van der Waals surface area (Å²) < 4.78 is 0. The van der Waals surface area contributed by atoms with Crippen LogP contribution in [0.15, 0.2) is 0 Å². The van der Waals surface area contributed by atoms with Gasteiger partial charge >= 0.3 is 0 Å². The van der Waals surface area contributed by atoms with E-state index in [1.54, 1.807) is 0 Å².